The molecule has 0 saturated heterocycles. The molecule has 200 valence electrons. The van der Waals surface area contributed by atoms with Crippen LogP contribution in [0.1, 0.15) is 26.3 Å². The standard InChI is InChI=1S/C30H22ClN3O5S/c31-26-15-5-4-10-21(26)17-27(33-29(36)20-8-2-1-3-9-20)30(37)32-23-12-7-14-25(18-23)40-19-28(35)22-11-6-13-24(16-22)34(38)39/h1-18H,19H2,(H,32,37)(H,33,36)/b27-17-. The molecule has 0 unspecified atom stereocenters. The van der Waals surface area contributed by atoms with Crippen molar-refractivity contribution in [2.45, 2.75) is 4.90 Å². The number of nitrogens with zero attached hydrogens (tertiary/aromatic N) is 1. The first-order chi connectivity index (χ1) is 19.3. The number of benzene rings is 4. The van der Waals surface area contributed by atoms with E-state index in [2.05, 4.69) is 10.6 Å². The summed E-state index contributed by atoms with van der Waals surface area (Å²) in [5.74, 6) is -1.25. The predicted octanol–water partition coefficient (Wildman–Crippen LogP) is 6.63. The zero-order valence-electron chi connectivity index (χ0n) is 20.9. The topological polar surface area (TPSA) is 118 Å². The number of carbonyl (C=O) groups is 3. The number of anilines is 1. The number of rotatable bonds is 10. The molecule has 4 aromatic rings. The molecule has 0 aromatic heterocycles. The van der Waals surface area contributed by atoms with Crippen LogP contribution in [-0.2, 0) is 4.79 Å². The SMILES string of the molecule is O=C(Nc1cccc(SCC(=O)c2cccc([N+](=O)[O-])c2)c1)/C(=C/c1ccccc1Cl)NC(=O)c1ccccc1. The summed E-state index contributed by atoms with van der Waals surface area (Å²) in [5.41, 5.74) is 1.45. The highest BCUT2D eigenvalue weighted by molar-refractivity contribution is 8.00. The molecule has 4 aromatic carbocycles. The number of halogens is 1. The van der Waals surface area contributed by atoms with E-state index in [1.807, 2.05) is 0 Å². The Morgan fingerprint density at radius 2 is 1.55 bits per heavy atom. The van der Waals surface area contributed by atoms with Crippen molar-refractivity contribution in [2.75, 3.05) is 11.1 Å². The Kier molecular flexibility index (Phi) is 9.45. The second-order valence-electron chi connectivity index (χ2n) is 8.40. The molecule has 0 fully saturated rings. The third-order valence-corrected chi connectivity index (χ3v) is 6.91. The lowest BCUT2D eigenvalue weighted by Crippen LogP contribution is -2.30. The summed E-state index contributed by atoms with van der Waals surface area (Å²) in [5, 5.41) is 16.9. The molecule has 0 aliphatic rings. The molecular formula is C30H22ClN3O5S. The number of ketones is 1. The maximum atomic E-state index is 13.3. The molecule has 8 nitrogen and oxygen atoms in total. The number of hydrogen-bond acceptors (Lipinski definition) is 6. The van der Waals surface area contributed by atoms with Gasteiger partial charge in [0.2, 0.25) is 0 Å². The molecule has 10 heteroatoms. The fourth-order valence-corrected chi connectivity index (χ4v) is 4.62. The first-order valence-corrected chi connectivity index (χ1v) is 13.3. The summed E-state index contributed by atoms with van der Waals surface area (Å²) < 4.78 is 0. The minimum Gasteiger partial charge on any atom is -0.321 e. The Balaban J connectivity index is 1.49. The van der Waals surface area contributed by atoms with Crippen molar-refractivity contribution in [3.63, 3.8) is 0 Å². The number of nitro groups is 1. The van der Waals surface area contributed by atoms with Gasteiger partial charge in [-0.15, -0.1) is 11.8 Å². The second-order valence-corrected chi connectivity index (χ2v) is 9.86. The Morgan fingerprint density at radius 3 is 2.30 bits per heavy atom. The lowest BCUT2D eigenvalue weighted by molar-refractivity contribution is -0.384. The third kappa shape index (κ3) is 7.66. The predicted molar refractivity (Wildman–Crippen MR) is 157 cm³/mol. The molecule has 0 atom stereocenters. The van der Waals surface area contributed by atoms with Crippen LogP contribution in [0.25, 0.3) is 6.08 Å². The lowest BCUT2D eigenvalue weighted by Gasteiger charge is -2.12. The van der Waals surface area contributed by atoms with Gasteiger partial charge in [-0.05, 0) is 48.0 Å². The summed E-state index contributed by atoms with van der Waals surface area (Å²) in [4.78, 5) is 49.9. The molecule has 0 spiro atoms. The minimum absolute atomic E-state index is 0.0131. The number of thioether (sulfide) groups is 1. The molecule has 0 saturated carbocycles. The first-order valence-electron chi connectivity index (χ1n) is 11.9. The third-order valence-electron chi connectivity index (χ3n) is 5.57. The van der Waals surface area contributed by atoms with Gasteiger partial charge in [0.05, 0.1) is 10.7 Å². The van der Waals surface area contributed by atoms with E-state index < -0.39 is 16.7 Å². The fraction of sp³-hybridized carbons (Fsp3) is 0.0333. The molecule has 2 amide bonds. The van der Waals surface area contributed by atoms with Gasteiger partial charge in [-0.25, -0.2) is 0 Å². The van der Waals surface area contributed by atoms with Gasteiger partial charge in [-0.2, -0.15) is 0 Å². The maximum Gasteiger partial charge on any atom is 0.272 e. The normalized spacial score (nSPS) is 11.0. The lowest BCUT2D eigenvalue weighted by atomic mass is 10.1. The highest BCUT2D eigenvalue weighted by Gasteiger charge is 2.16. The Labute approximate surface area is 239 Å². The average Bonchev–Trinajstić information content (AvgIpc) is 2.97. The summed E-state index contributed by atoms with van der Waals surface area (Å²) in [6.45, 7) is 0. The highest BCUT2D eigenvalue weighted by atomic mass is 35.5. The monoisotopic (exact) mass is 571 g/mol. The molecule has 0 radical (unpaired) electrons. The summed E-state index contributed by atoms with van der Waals surface area (Å²) in [7, 11) is 0. The van der Waals surface area contributed by atoms with Crippen LogP contribution in [0.4, 0.5) is 11.4 Å². The van der Waals surface area contributed by atoms with Crippen LogP contribution < -0.4 is 10.6 Å². The van der Waals surface area contributed by atoms with Gasteiger partial charge in [0.25, 0.3) is 17.5 Å². The number of carbonyl (C=O) groups excluding carboxylic acids is 3. The molecule has 0 aliphatic heterocycles. The zero-order valence-corrected chi connectivity index (χ0v) is 22.4. The van der Waals surface area contributed by atoms with Crippen molar-refractivity contribution in [3.05, 3.63) is 141 Å². The number of amides is 2. The van der Waals surface area contributed by atoms with Gasteiger partial charge in [0.1, 0.15) is 5.70 Å². The van der Waals surface area contributed by atoms with Crippen molar-refractivity contribution < 1.29 is 19.3 Å². The largest absolute Gasteiger partial charge is 0.321 e. The van der Waals surface area contributed by atoms with Crippen molar-refractivity contribution in [1.82, 2.24) is 5.32 Å². The van der Waals surface area contributed by atoms with E-state index in [4.69, 9.17) is 11.6 Å². The minimum atomic E-state index is -0.570. The van der Waals surface area contributed by atoms with E-state index in [-0.39, 0.29) is 28.5 Å². The van der Waals surface area contributed by atoms with E-state index in [9.17, 15) is 24.5 Å². The zero-order chi connectivity index (χ0) is 28.5. The number of nitro benzene ring substituents is 1. The van der Waals surface area contributed by atoms with Gasteiger partial charge in [-0.3, -0.25) is 24.5 Å². The van der Waals surface area contributed by atoms with Crippen LogP contribution in [0, 0.1) is 10.1 Å². The van der Waals surface area contributed by atoms with E-state index in [0.717, 1.165) is 0 Å². The Bertz CT molecular complexity index is 1610. The Morgan fingerprint density at radius 1 is 0.850 bits per heavy atom. The molecular weight excluding hydrogens is 550 g/mol. The summed E-state index contributed by atoms with van der Waals surface area (Å²) >= 11 is 7.51. The molecule has 40 heavy (non-hydrogen) atoms. The number of nitrogens with one attached hydrogen (secondary N) is 2. The van der Waals surface area contributed by atoms with Crippen LogP contribution in [-0.4, -0.2) is 28.3 Å². The van der Waals surface area contributed by atoms with Crippen LogP contribution in [0.2, 0.25) is 5.02 Å². The van der Waals surface area contributed by atoms with Gasteiger partial charge in [0.15, 0.2) is 5.78 Å². The van der Waals surface area contributed by atoms with Crippen LogP contribution >= 0.6 is 23.4 Å². The summed E-state index contributed by atoms with van der Waals surface area (Å²) in [6.07, 6.45) is 1.49. The molecule has 4 rings (SSSR count). The number of hydrogen-bond donors (Lipinski definition) is 2. The smallest absolute Gasteiger partial charge is 0.272 e. The van der Waals surface area contributed by atoms with E-state index >= 15 is 0 Å². The van der Waals surface area contributed by atoms with Gasteiger partial charge in [-0.1, -0.05) is 66.2 Å². The fourth-order valence-electron chi connectivity index (χ4n) is 3.58. The Hall–Kier alpha value is -4.73. The van der Waals surface area contributed by atoms with Crippen molar-refractivity contribution in [2.24, 2.45) is 0 Å². The molecule has 2 N–H and O–H groups in total. The van der Waals surface area contributed by atoms with E-state index in [1.165, 1.54) is 42.1 Å². The quantitative estimate of drug-likeness (QED) is 0.0724. The second kappa shape index (κ2) is 13.4. The first kappa shape index (κ1) is 28.3. The van der Waals surface area contributed by atoms with Crippen LogP contribution in [0.3, 0.4) is 0 Å². The van der Waals surface area contributed by atoms with Crippen molar-refractivity contribution >= 4 is 58.4 Å². The van der Waals surface area contributed by atoms with Gasteiger partial charge < -0.3 is 10.6 Å². The average molecular weight is 572 g/mol. The van der Waals surface area contributed by atoms with Crippen LogP contribution in [0.5, 0.6) is 0 Å². The van der Waals surface area contributed by atoms with Gasteiger partial charge in [0, 0.05) is 38.9 Å². The van der Waals surface area contributed by atoms with Crippen molar-refractivity contribution in [3.8, 4) is 0 Å². The highest BCUT2D eigenvalue weighted by Crippen LogP contribution is 2.24. The molecule has 0 heterocycles. The van der Waals surface area contributed by atoms with Gasteiger partial charge >= 0.3 is 0 Å². The molecule has 0 aliphatic carbocycles. The summed E-state index contributed by atoms with van der Waals surface area (Å²) in [6, 6.07) is 27.9. The number of non-ortho nitro benzene ring substituents is 1. The van der Waals surface area contributed by atoms with Crippen LogP contribution in [0.15, 0.2) is 114 Å². The van der Waals surface area contributed by atoms with Crippen molar-refractivity contribution in [1.29, 1.82) is 0 Å². The van der Waals surface area contributed by atoms with E-state index in [0.29, 0.717) is 26.7 Å². The van der Waals surface area contributed by atoms with E-state index in [1.54, 1.807) is 78.9 Å². The molecule has 0 bridgehead atoms. The number of Topliss-reactive ketones (excluding diaryl/α,β-unsaturated/α-hetero) is 1. The maximum absolute atomic E-state index is 13.3.